The lowest BCUT2D eigenvalue weighted by Gasteiger charge is -2.30. The summed E-state index contributed by atoms with van der Waals surface area (Å²) in [7, 11) is -7.02. The molecule has 0 heterocycles. The van der Waals surface area contributed by atoms with Crippen LogP contribution in [0.2, 0.25) is 0 Å². The summed E-state index contributed by atoms with van der Waals surface area (Å²) in [6.07, 6.45) is 2.20. The molecule has 0 radical (unpaired) electrons. The van der Waals surface area contributed by atoms with Crippen LogP contribution in [0.15, 0.2) is 47.4 Å². The van der Waals surface area contributed by atoms with Crippen molar-refractivity contribution < 1.29 is 21.6 Å². The van der Waals surface area contributed by atoms with Crippen LogP contribution in [0.3, 0.4) is 0 Å². The largest absolute Gasteiger partial charge is 0.348 e. The molecule has 2 rings (SSSR count). The molecule has 1 amide bonds. The molecule has 2 atom stereocenters. The van der Waals surface area contributed by atoms with Crippen molar-refractivity contribution in [3.8, 4) is 0 Å². The molecule has 0 fully saturated rings. The van der Waals surface area contributed by atoms with Gasteiger partial charge in [0.05, 0.1) is 22.9 Å². The molecule has 0 saturated carbocycles. The molecule has 0 aliphatic heterocycles. The fourth-order valence-corrected chi connectivity index (χ4v) is 5.10. The van der Waals surface area contributed by atoms with E-state index in [4.69, 9.17) is 0 Å². The molecule has 0 bridgehead atoms. The number of amides is 1. The van der Waals surface area contributed by atoms with Gasteiger partial charge in [-0.05, 0) is 68.7 Å². The normalized spacial score (nSPS) is 14.1. The summed E-state index contributed by atoms with van der Waals surface area (Å²) in [5.41, 5.74) is 2.93. The van der Waals surface area contributed by atoms with Crippen LogP contribution >= 0.6 is 0 Å². The Morgan fingerprint density at radius 3 is 1.83 bits per heavy atom. The van der Waals surface area contributed by atoms with E-state index in [1.54, 1.807) is 31.2 Å². The Kier molecular flexibility index (Phi) is 6.98. The summed E-state index contributed by atoms with van der Waals surface area (Å²) in [5.74, 6) is -0.459. The smallest absolute Gasteiger partial charge is 0.244 e. The molecular weight excluding hydrogens is 424 g/mol. The Morgan fingerprint density at radius 1 is 0.900 bits per heavy atom. The first-order valence-electron chi connectivity index (χ1n) is 9.38. The minimum atomic E-state index is -3.71. The number of nitrogens with one attached hydrogen (secondary N) is 1. The van der Waals surface area contributed by atoms with Gasteiger partial charge in [0.2, 0.25) is 15.9 Å². The zero-order valence-corrected chi connectivity index (χ0v) is 19.6. The molecule has 0 unspecified atom stereocenters. The first-order chi connectivity index (χ1) is 13.7. The second-order valence-electron chi connectivity index (χ2n) is 7.65. The standard InChI is InChI=1S/C21H28N2O5S2/c1-14-11-15(2)13-19(12-14)23(30(6,27)28)17(4)21(24)22-16(3)18-7-9-20(10-8-18)29(5,25)26/h7-13,16-17H,1-6H3,(H,22,24)/t16-,17+/m0/s1. The fraction of sp³-hybridized carbons (Fsp3) is 0.381. The highest BCUT2D eigenvalue weighted by molar-refractivity contribution is 7.92. The van der Waals surface area contributed by atoms with Crippen molar-refractivity contribution >= 4 is 31.5 Å². The average Bonchev–Trinajstić information content (AvgIpc) is 2.59. The van der Waals surface area contributed by atoms with Crippen molar-refractivity contribution in [1.29, 1.82) is 0 Å². The van der Waals surface area contributed by atoms with Crippen molar-refractivity contribution in [1.82, 2.24) is 5.32 Å². The predicted octanol–water partition coefficient (Wildman–Crippen LogP) is 2.74. The lowest BCUT2D eigenvalue weighted by atomic mass is 10.1. The molecule has 2 aromatic carbocycles. The Morgan fingerprint density at radius 2 is 1.40 bits per heavy atom. The topological polar surface area (TPSA) is 101 Å². The van der Waals surface area contributed by atoms with Crippen LogP contribution in [0.5, 0.6) is 0 Å². The highest BCUT2D eigenvalue weighted by atomic mass is 32.2. The van der Waals surface area contributed by atoms with Crippen LogP contribution in [0.1, 0.15) is 36.6 Å². The van der Waals surface area contributed by atoms with Gasteiger partial charge in [-0.15, -0.1) is 0 Å². The van der Waals surface area contributed by atoms with Crippen LogP contribution in [-0.2, 0) is 24.7 Å². The fourth-order valence-electron chi connectivity index (χ4n) is 3.31. The maximum Gasteiger partial charge on any atom is 0.244 e. The molecule has 7 nitrogen and oxygen atoms in total. The van der Waals surface area contributed by atoms with Crippen LogP contribution in [0.4, 0.5) is 5.69 Å². The van der Waals surface area contributed by atoms with E-state index < -0.39 is 37.9 Å². The Bertz CT molecular complexity index is 1120. The highest BCUT2D eigenvalue weighted by Crippen LogP contribution is 2.24. The molecular formula is C21H28N2O5S2. The van der Waals surface area contributed by atoms with Gasteiger partial charge in [-0.2, -0.15) is 0 Å². The van der Waals surface area contributed by atoms with Gasteiger partial charge in [0.15, 0.2) is 9.84 Å². The van der Waals surface area contributed by atoms with Gasteiger partial charge in [-0.25, -0.2) is 16.8 Å². The number of hydrogen-bond acceptors (Lipinski definition) is 5. The van der Waals surface area contributed by atoms with E-state index in [2.05, 4.69) is 5.32 Å². The van der Waals surface area contributed by atoms with Crippen molar-refractivity contribution in [3.63, 3.8) is 0 Å². The molecule has 164 valence electrons. The second kappa shape index (κ2) is 8.77. The third-order valence-electron chi connectivity index (χ3n) is 4.72. The van der Waals surface area contributed by atoms with Gasteiger partial charge in [0, 0.05) is 6.26 Å². The molecule has 1 N–H and O–H groups in total. The number of hydrogen-bond donors (Lipinski definition) is 1. The summed E-state index contributed by atoms with van der Waals surface area (Å²) < 4.78 is 49.3. The molecule has 0 spiro atoms. The highest BCUT2D eigenvalue weighted by Gasteiger charge is 2.30. The SMILES string of the molecule is Cc1cc(C)cc(N([C@H](C)C(=O)N[C@@H](C)c2ccc(S(C)(=O)=O)cc2)S(C)(=O)=O)c1. The van der Waals surface area contributed by atoms with E-state index in [0.717, 1.165) is 27.9 Å². The van der Waals surface area contributed by atoms with Crippen LogP contribution in [0.25, 0.3) is 0 Å². The van der Waals surface area contributed by atoms with Crippen LogP contribution in [-0.4, -0.2) is 41.3 Å². The van der Waals surface area contributed by atoms with Crippen LogP contribution in [0, 0.1) is 13.8 Å². The summed E-state index contributed by atoms with van der Waals surface area (Å²) >= 11 is 0. The van der Waals surface area contributed by atoms with E-state index >= 15 is 0 Å². The number of sulfone groups is 1. The molecule has 9 heteroatoms. The third kappa shape index (κ3) is 5.82. The third-order valence-corrected chi connectivity index (χ3v) is 7.09. The first-order valence-corrected chi connectivity index (χ1v) is 13.1. The van der Waals surface area contributed by atoms with Crippen molar-refractivity contribution in [2.24, 2.45) is 0 Å². The van der Waals surface area contributed by atoms with Crippen molar-refractivity contribution in [3.05, 3.63) is 59.2 Å². The minimum absolute atomic E-state index is 0.191. The van der Waals surface area contributed by atoms with E-state index in [1.807, 2.05) is 19.9 Å². The van der Waals surface area contributed by atoms with E-state index in [0.29, 0.717) is 11.3 Å². The van der Waals surface area contributed by atoms with Gasteiger partial charge in [0.1, 0.15) is 6.04 Å². The summed E-state index contributed by atoms with van der Waals surface area (Å²) in [6.45, 7) is 7.02. The van der Waals surface area contributed by atoms with E-state index in [-0.39, 0.29) is 4.90 Å². The number of rotatable bonds is 7. The molecule has 2 aromatic rings. The summed E-state index contributed by atoms with van der Waals surface area (Å²) in [6, 6.07) is 10.2. The lowest BCUT2D eigenvalue weighted by Crippen LogP contribution is -2.48. The maximum atomic E-state index is 12.9. The molecule has 30 heavy (non-hydrogen) atoms. The zero-order valence-electron chi connectivity index (χ0n) is 18.0. The van der Waals surface area contributed by atoms with Gasteiger partial charge in [-0.3, -0.25) is 9.10 Å². The lowest BCUT2D eigenvalue weighted by molar-refractivity contribution is -0.122. The first kappa shape index (κ1) is 23.9. The number of anilines is 1. The molecule has 0 aliphatic rings. The molecule has 0 saturated heterocycles. The number of carbonyl (C=O) groups is 1. The number of sulfonamides is 1. The molecule has 0 aliphatic carbocycles. The Balaban J connectivity index is 2.27. The number of benzene rings is 2. The maximum absolute atomic E-state index is 12.9. The van der Waals surface area contributed by atoms with Crippen molar-refractivity contribution in [2.45, 2.75) is 44.7 Å². The number of aryl methyl sites for hydroxylation is 2. The predicted molar refractivity (Wildman–Crippen MR) is 119 cm³/mol. The Hall–Kier alpha value is -2.39. The minimum Gasteiger partial charge on any atom is -0.348 e. The van der Waals surface area contributed by atoms with Gasteiger partial charge < -0.3 is 5.32 Å². The monoisotopic (exact) mass is 452 g/mol. The average molecular weight is 453 g/mol. The second-order valence-corrected chi connectivity index (χ2v) is 11.5. The van der Waals surface area contributed by atoms with Crippen molar-refractivity contribution in [2.75, 3.05) is 16.8 Å². The number of carbonyl (C=O) groups excluding carboxylic acids is 1. The van der Waals surface area contributed by atoms with Gasteiger partial charge in [0.25, 0.3) is 0 Å². The van der Waals surface area contributed by atoms with Crippen LogP contribution < -0.4 is 9.62 Å². The summed E-state index contributed by atoms with van der Waals surface area (Å²) in [4.78, 5) is 13.1. The van der Waals surface area contributed by atoms with E-state index in [1.165, 1.54) is 19.1 Å². The quantitative estimate of drug-likeness (QED) is 0.696. The van der Waals surface area contributed by atoms with E-state index in [9.17, 15) is 21.6 Å². The summed E-state index contributed by atoms with van der Waals surface area (Å²) in [5, 5.41) is 2.81. The Labute approximate surface area is 179 Å². The zero-order chi connectivity index (χ0) is 22.9. The van der Waals surface area contributed by atoms with Gasteiger partial charge >= 0.3 is 0 Å². The number of nitrogens with zero attached hydrogens (tertiary/aromatic N) is 1. The van der Waals surface area contributed by atoms with Gasteiger partial charge in [-0.1, -0.05) is 18.2 Å². The molecule has 0 aromatic heterocycles.